The van der Waals surface area contributed by atoms with Crippen molar-refractivity contribution in [3.8, 4) is 11.8 Å². The number of nitrogens with zero attached hydrogens (tertiary/aromatic N) is 5. The first kappa shape index (κ1) is 17.2. The molecule has 27 heavy (non-hydrogen) atoms. The van der Waals surface area contributed by atoms with E-state index < -0.39 is 5.72 Å². The van der Waals surface area contributed by atoms with Gasteiger partial charge in [0.2, 0.25) is 0 Å². The van der Waals surface area contributed by atoms with Crippen LogP contribution in [0.3, 0.4) is 0 Å². The molecule has 4 rings (SSSR count). The summed E-state index contributed by atoms with van der Waals surface area (Å²) in [5.74, 6) is 0.796. The van der Waals surface area contributed by atoms with E-state index in [2.05, 4.69) is 16.2 Å². The highest BCUT2D eigenvalue weighted by molar-refractivity contribution is 6.18. The summed E-state index contributed by atoms with van der Waals surface area (Å²) >= 11 is 0. The second kappa shape index (κ2) is 6.51. The Morgan fingerprint density at radius 2 is 2.00 bits per heavy atom. The van der Waals surface area contributed by atoms with Gasteiger partial charge in [0.05, 0.1) is 23.5 Å². The predicted octanol–water partition coefficient (Wildman–Crippen LogP) is 3.99. The van der Waals surface area contributed by atoms with Crippen LogP contribution in [0.25, 0.3) is 5.65 Å². The van der Waals surface area contributed by atoms with Crippen LogP contribution in [-0.4, -0.2) is 26.0 Å². The van der Waals surface area contributed by atoms with Crippen molar-refractivity contribution in [3.05, 3.63) is 59.0 Å². The Labute approximate surface area is 158 Å². The molecule has 0 saturated heterocycles. The van der Waals surface area contributed by atoms with Crippen molar-refractivity contribution < 1.29 is 4.74 Å². The fraction of sp³-hybridized carbons (Fsp3) is 0.333. The molecule has 3 heterocycles. The molecule has 136 valence electrons. The molecule has 0 spiro atoms. The van der Waals surface area contributed by atoms with Crippen molar-refractivity contribution >= 4 is 11.4 Å². The Kier molecular flexibility index (Phi) is 4.15. The molecule has 6 nitrogen and oxygen atoms in total. The second-order valence-electron chi connectivity index (χ2n) is 7.07. The molecular weight excluding hydrogens is 338 g/mol. The highest BCUT2D eigenvalue weighted by atomic mass is 16.5. The molecule has 1 atom stereocenters. The number of ether oxygens (including phenoxy) is 1. The molecule has 1 aliphatic heterocycles. The number of hydrogen-bond acceptors (Lipinski definition) is 5. The summed E-state index contributed by atoms with van der Waals surface area (Å²) in [6.45, 7) is 6.03. The van der Waals surface area contributed by atoms with Gasteiger partial charge in [-0.2, -0.15) is 10.4 Å². The Hall–Kier alpha value is -3.20. The van der Waals surface area contributed by atoms with Crippen molar-refractivity contribution in [3.63, 3.8) is 0 Å². The molecular formula is C21H21N5O. The maximum absolute atomic E-state index is 8.86. The summed E-state index contributed by atoms with van der Waals surface area (Å²) < 4.78 is 8.06. The van der Waals surface area contributed by atoms with Crippen LogP contribution in [0.5, 0.6) is 5.75 Å². The number of nitriles is 1. The summed E-state index contributed by atoms with van der Waals surface area (Å²) in [6, 6.07) is 10.1. The minimum Gasteiger partial charge on any atom is -0.466 e. The van der Waals surface area contributed by atoms with Crippen LogP contribution in [0, 0.1) is 25.2 Å². The van der Waals surface area contributed by atoms with Gasteiger partial charge in [-0.05, 0) is 44.9 Å². The van der Waals surface area contributed by atoms with Crippen LogP contribution in [0.4, 0.5) is 0 Å². The summed E-state index contributed by atoms with van der Waals surface area (Å²) in [6.07, 6.45) is 5.59. The zero-order chi connectivity index (χ0) is 19.0. The van der Waals surface area contributed by atoms with E-state index in [1.807, 2.05) is 61.9 Å². The SMILES string of the molecule is Cc1cnc2c(C3=NC(C)(CCCC#N)Oc4ccccc43)cnn2c1C. The largest absolute Gasteiger partial charge is 0.466 e. The molecule has 0 amide bonds. The Morgan fingerprint density at radius 3 is 2.81 bits per heavy atom. The van der Waals surface area contributed by atoms with Crippen molar-refractivity contribution in [1.82, 2.24) is 14.6 Å². The smallest absolute Gasteiger partial charge is 0.198 e. The molecule has 3 aromatic rings. The number of aromatic nitrogens is 3. The number of hydrogen-bond donors (Lipinski definition) is 0. The lowest BCUT2D eigenvalue weighted by Crippen LogP contribution is -2.35. The number of fused-ring (bicyclic) bond motifs is 2. The summed E-state index contributed by atoms with van der Waals surface area (Å²) in [5, 5.41) is 13.4. The molecule has 1 aromatic carbocycles. The minimum atomic E-state index is -0.714. The zero-order valence-corrected chi connectivity index (χ0v) is 15.7. The molecule has 6 heteroatoms. The number of rotatable bonds is 4. The molecule has 0 fully saturated rings. The van der Waals surface area contributed by atoms with Crippen LogP contribution in [0.15, 0.2) is 41.7 Å². The van der Waals surface area contributed by atoms with Crippen molar-refractivity contribution in [2.45, 2.75) is 45.8 Å². The van der Waals surface area contributed by atoms with E-state index in [9.17, 15) is 0 Å². The van der Waals surface area contributed by atoms with E-state index >= 15 is 0 Å². The van der Waals surface area contributed by atoms with Crippen LogP contribution in [-0.2, 0) is 0 Å². The molecule has 2 aromatic heterocycles. The number of para-hydroxylation sites is 1. The highest BCUT2D eigenvalue weighted by Gasteiger charge is 2.33. The molecule has 0 N–H and O–H groups in total. The van der Waals surface area contributed by atoms with Crippen molar-refractivity contribution in [1.29, 1.82) is 5.26 Å². The fourth-order valence-corrected chi connectivity index (χ4v) is 3.41. The Bertz CT molecular complexity index is 1090. The maximum Gasteiger partial charge on any atom is 0.198 e. The van der Waals surface area contributed by atoms with Gasteiger partial charge >= 0.3 is 0 Å². The van der Waals surface area contributed by atoms with E-state index in [-0.39, 0.29) is 0 Å². The van der Waals surface area contributed by atoms with Crippen LogP contribution < -0.4 is 4.74 Å². The van der Waals surface area contributed by atoms with Gasteiger partial charge in [-0.3, -0.25) is 0 Å². The molecule has 1 unspecified atom stereocenters. The average Bonchev–Trinajstić information content (AvgIpc) is 3.09. The van der Waals surface area contributed by atoms with E-state index in [1.54, 1.807) is 0 Å². The lowest BCUT2D eigenvalue weighted by atomic mass is 9.98. The van der Waals surface area contributed by atoms with Gasteiger partial charge in [-0.25, -0.2) is 14.5 Å². The summed E-state index contributed by atoms with van der Waals surface area (Å²) in [4.78, 5) is 9.57. The number of benzene rings is 1. The molecule has 1 aliphatic rings. The van der Waals surface area contributed by atoms with Gasteiger partial charge in [0, 0.05) is 30.3 Å². The lowest BCUT2D eigenvalue weighted by molar-refractivity contribution is 0.0829. The third-order valence-electron chi connectivity index (χ3n) is 5.02. The third-order valence-corrected chi connectivity index (χ3v) is 5.02. The van der Waals surface area contributed by atoms with Gasteiger partial charge in [-0.15, -0.1) is 0 Å². The first-order valence-corrected chi connectivity index (χ1v) is 9.08. The van der Waals surface area contributed by atoms with Gasteiger partial charge in [0.1, 0.15) is 5.75 Å². The van der Waals surface area contributed by atoms with Crippen molar-refractivity contribution in [2.75, 3.05) is 0 Å². The van der Waals surface area contributed by atoms with Crippen LogP contribution in [0.2, 0.25) is 0 Å². The van der Waals surface area contributed by atoms with Gasteiger partial charge in [0.15, 0.2) is 11.4 Å². The highest BCUT2D eigenvalue weighted by Crippen LogP contribution is 2.35. The topological polar surface area (TPSA) is 75.6 Å². The molecule has 0 bridgehead atoms. The van der Waals surface area contributed by atoms with E-state index in [0.29, 0.717) is 12.8 Å². The quantitative estimate of drug-likeness (QED) is 0.660. The van der Waals surface area contributed by atoms with Gasteiger partial charge in [-0.1, -0.05) is 12.1 Å². The fourth-order valence-electron chi connectivity index (χ4n) is 3.41. The monoisotopic (exact) mass is 359 g/mol. The molecule has 0 saturated carbocycles. The predicted molar refractivity (Wildman–Crippen MR) is 103 cm³/mol. The first-order chi connectivity index (χ1) is 13.0. The summed E-state index contributed by atoms with van der Waals surface area (Å²) in [5.41, 5.74) is 4.88. The van der Waals surface area contributed by atoms with E-state index in [1.165, 1.54) is 0 Å². The van der Waals surface area contributed by atoms with Gasteiger partial charge < -0.3 is 4.74 Å². The lowest BCUT2D eigenvalue weighted by Gasteiger charge is -2.33. The number of unbranched alkanes of at least 4 members (excludes halogenated alkanes) is 1. The number of aliphatic imine (C=N–C) groups is 1. The Morgan fingerprint density at radius 1 is 1.19 bits per heavy atom. The van der Waals surface area contributed by atoms with Crippen LogP contribution >= 0.6 is 0 Å². The molecule has 0 radical (unpaired) electrons. The minimum absolute atomic E-state index is 0.488. The van der Waals surface area contributed by atoms with E-state index in [4.69, 9.17) is 15.0 Å². The maximum atomic E-state index is 8.86. The van der Waals surface area contributed by atoms with Gasteiger partial charge in [0.25, 0.3) is 0 Å². The third kappa shape index (κ3) is 2.95. The second-order valence-corrected chi connectivity index (χ2v) is 7.07. The zero-order valence-electron chi connectivity index (χ0n) is 15.7. The summed E-state index contributed by atoms with van der Waals surface area (Å²) in [7, 11) is 0. The first-order valence-electron chi connectivity index (χ1n) is 9.08. The van der Waals surface area contributed by atoms with Crippen LogP contribution in [0.1, 0.15) is 48.6 Å². The Balaban J connectivity index is 1.87. The molecule has 0 aliphatic carbocycles. The standard InChI is InChI=1S/C21H21N5O/c1-14-12-23-20-17(13-24-26(20)15(14)2)19-16-8-4-5-9-18(16)27-21(3,25-19)10-6-7-11-22/h4-5,8-9,12-13H,6-7,10H2,1-3H3. The van der Waals surface area contributed by atoms with E-state index in [0.717, 1.165) is 45.9 Å². The average molecular weight is 359 g/mol. The number of aryl methyl sites for hydroxylation is 2. The normalized spacial score (nSPS) is 18.5. The van der Waals surface area contributed by atoms with Crippen molar-refractivity contribution in [2.24, 2.45) is 4.99 Å².